The Morgan fingerprint density at radius 2 is 1.87 bits per heavy atom. The van der Waals surface area contributed by atoms with Crippen LogP contribution in [0.4, 0.5) is 27.7 Å². The normalized spacial score (nSPS) is 20.7. The highest BCUT2D eigenvalue weighted by Gasteiger charge is 2.40. The Hall–Kier alpha value is -3.50. The molecule has 2 bridgehead atoms. The molecule has 202 valence electrons. The van der Waals surface area contributed by atoms with Gasteiger partial charge in [-0.05, 0) is 93.4 Å². The molecule has 2 aliphatic carbocycles. The average Bonchev–Trinajstić information content (AvgIpc) is 3.74. The predicted octanol–water partition coefficient (Wildman–Crippen LogP) is 5.75. The number of anilines is 4. The van der Waals surface area contributed by atoms with E-state index in [0.29, 0.717) is 41.0 Å². The fraction of sp³-hybridized carbons (Fsp3) is 0.414. The van der Waals surface area contributed by atoms with Gasteiger partial charge in [0.2, 0.25) is 11.9 Å². The minimum Gasteiger partial charge on any atom is -0.369 e. The Balaban J connectivity index is 1.14. The molecule has 2 unspecified atom stereocenters. The third-order valence-corrected chi connectivity index (χ3v) is 9.58. The summed E-state index contributed by atoms with van der Waals surface area (Å²) < 4.78 is 16.7. The first-order valence-electron chi connectivity index (χ1n) is 13.7. The van der Waals surface area contributed by atoms with E-state index in [9.17, 15) is 0 Å². The van der Waals surface area contributed by atoms with Crippen molar-refractivity contribution in [3.05, 3.63) is 58.9 Å². The first kappa shape index (κ1) is 24.5. The lowest BCUT2D eigenvalue weighted by Crippen LogP contribution is -2.42. The number of nitrogens with zero attached hydrogens (tertiary/aromatic N) is 6. The van der Waals surface area contributed by atoms with Crippen LogP contribution < -0.4 is 16.0 Å². The molecule has 10 heteroatoms. The smallest absolute Gasteiger partial charge is 0.248 e. The lowest BCUT2D eigenvalue weighted by atomic mass is 9.91. The highest BCUT2D eigenvalue weighted by atomic mass is 32.1. The second-order valence-electron chi connectivity index (χ2n) is 11.2. The quantitative estimate of drug-likeness (QED) is 0.320. The van der Waals surface area contributed by atoms with E-state index in [4.69, 9.17) is 10.7 Å². The van der Waals surface area contributed by atoms with Gasteiger partial charge >= 0.3 is 0 Å². The zero-order valence-corrected chi connectivity index (χ0v) is 23.1. The maximum atomic E-state index is 15.2. The molecule has 0 radical (unpaired) electrons. The summed E-state index contributed by atoms with van der Waals surface area (Å²) in [5.74, 6) is 2.06. The molecule has 1 aliphatic heterocycles. The van der Waals surface area contributed by atoms with Crippen molar-refractivity contribution in [3.8, 4) is 16.3 Å². The van der Waals surface area contributed by atoms with Gasteiger partial charge in [-0.1, -0.05) is 6.07 Å². The van der Waals surface area contributed by atoms with Crippen LogP contribution in [0.25, 0.3) is 16.3 Å². The fourth-order valence-electron chi connectivity index (χ4n) is 6.68. The van der Waals surface area contributed by atoms with Gasteiger partial charge in [-0.2, -0.15) is 9.67 Å². The average molecular weight is 545 g/mol. The van der Waals surface area contributed by atoms with Crippen LogP contribution in [0.1, 0.15) is 55.2 Å². The lowest BCUT2D eigenvalue weighted by Gasteiger charge is -2.36. The van der Waals surface area contributed by atoms with Gasteiger partial charge in [-0.15, -0.1) is 16.4 Å². The zero-order valence-electron chi connectivity index (χ0n) is 22.3. The van der Waals surface area contributed by atoms with Crippen molar-refractivity contribution in [2.75, 3.05) is 43.1 Å². The Labute approximate surface area is 231 Å². The number of nitrogen functional groups attached to an aromatic ring is 1. The number of nitrogens with two attached hydrogens (primary N) is 1. The van der Waals surface area contributed by atoms with Crippen LogP contribution in [0, 0.1) is 5.82 Å². The van der Waals surface area contributed by atoms with Crippen molar-refractivity contribution in [1.82, 2.24) is 24.6 Å². The molecule has 0 spiro atoms. The van der Waals surface area contributed by atoms with Gasteiger partial charge in [0, 0.05) is 41.2 Å². The van der Waals surface area contributed by atoms with Crippen molar-refractivity contribution in [1.29, 1.82) is 0 Å². The highest BCUT2D eigenvalue weighted by Crippen LogP contribution is 2.55. The predicted molar refractivity (Wildman–Crippen MR) is 155 cm³/mol. The second-order valence-corrected chi connectivity index (χ2v) is 12.1. The summed E-state index contributed by atoms with van der Waals surface area (Å²) in [6.45, 7) is 1.69. The molecule has 2 atom stereocenters. The number of piperidine rings is 1. The number of aromatic nitrogens is 4. The highest BCUT2D eigenvalue weighted by molar-refractivity contribution is 7.13. The molecule has 1 saturated carbocycles. The van der Waals surface area contributed by atoms with E-state index in [2.05, 4.69) is 62.9 Å². The van der Waals surface area contributed by atoms with E-state index in [1.807, 2.05) is 12.1 Å². The monoisotopic (exact) mass is 544 g/mol. The van der Waals surface area contributed by atoms with E-state index < -0.39 is 0 Å². The number of pyridine rings is 1. The molecular weight excluding hydrogens is 511 g/mol. The van der Waals surface area contributed by atoms with Crippen LogP contribution >= 0.6 is 11.3 Å². The van der Waals surface area contributed by atoms with E-state index in [1.165, 1.54) is 47.0 Å². The summed E-state index contributed by atoms with van der Waals surface area (Å²) in [6, 6.07) is 12.1. The van der Waals surface area contributed by atoms with Crippen LogP contribution in [0.15, 0.2) is 41.8 Å². The number of halogens is 1. The Morgan fingerprint density at radius 3 is 2.62 bits per heavy atom. The number of hydrogen-bond acceptors (Lipinski definition) is 8. The van der Waals surface area contributed by atoms with Crippen LogP contribution in [-0.4, -0.2) is 57.9 Å². The molecule has 3 aromatic heterocycles. The molecule has 1 aromatic carbocycles. The van der Waals surface area contributed by atoms with Gasteiger partial charge in [-0.25, -0.2) is 9.37 Å². The fourth-order valence-corrected chi connectivity index (χ4v) is 7.43. The molecule has 3 aliphatic rings. The number of nitrogens with one attached hydrogen (secondary N) is 1. The third-order valence-electron chi connectivity index (χ3n) is 8.68. The Bertz CT molecular complexity index is 1510. The van der Waals surface area contributed by atoms with Gasteiger partial charge in [0.1, 0.15) is 5.82 Å². The molecule has 4 aromatic rings. The van der Waals surface area contributed by atoms with Gasteiger partial charge in [0.25, 0.3) is 0 Å². The SMILES string of the molecule is CN(C)C1CCN(c2ccc(Nc3nc(N)n(-c4cc(-c5cccs5)c5c(n4)C4CCC5C4)n3)cc2F)CC1. The summed E-state index contributed by atoms with van der Waals surface area (Å²) in [5, 5.41) is 9.87. The van der Waals surface area contributed by atoms with Crippen LogP contribution in [0.5, 0.6) is 0 Å². The molecule has 0 amide bonds. The minimum absolute atomic E-state index is 0.242. The largest absolute Gasteiger partial charge is 0.369 e. The zero-order chi connectivity index (χ0) is 26.7. The van der Waals surface area contributed by atoms with Crippen molar-refractivity contribution in [2.45, 2.75) is 50.0 Å². The van der Waals surface area contributed by atoms with Gasteiger partial charge in [0.15, 0.2) is 5.82 Å². The molecule has 7 rings (SSSR count). The second kappa shape index (κ2) is 9.60. The molecule has 8 nitrogen and oxygen atoms in total. The topological polar surface area (TPSA) is 88.1 Å². The lowest BCUT2D eigenvalue weighted by molar-refractivity contribution is 0.249. The minimum atomic E-state index is -0.258. The van der Waals surface area contributed by atoms with E-state index in [0.717, 1.165) is 25.9 Å². The molecule has 39 heavy (non-hydrogen) atoms. The molecule has 3 N–H and O–H groups in total. The van der Waals surface area contributed by atoms with Gasteiger partial charge in [-0.3, -0.25) is 0 Å². The van der Waals surface area contributed by atoms with E-state index in [-0.39, 0.29) is 11.8 Å². The molecule has 4 heterocycles. The molecule has 2 fully saturated rings. The van der Waals surface area contributed by atoms with Crippen molar-refractivity contribution < 1.29 is 4.39 Å². The van der Waals surface area contributed by atoms with Crippen LogP contribution in [-0.2, 0) is 0 Å². The number of rotatable bonds is 6. The van der Waals surface area contributed by atoms with E-state index >= 15 is 4.39 Å². The summed E-state index contributed by atoms with van der Waals surface area (Å²) in [7, 11) is 4.21. The number of fused-ring (bicyclic) bond motifs is 5. The van der Waals surface area contributed by atoms with Crippen molar-refractivity contribution in [3.63, 3.8) is 0 Å². The van der Waals surface area contributed by atoms with Crippen LogP contribution in [0.3, 0.4) is 0 Å². The molecular formula is C29H33FN8S. The maximum Gasteiger partial charge on any atom is 0.248 e. The Kier molecular flexibility index (Phi) is 6.04. The standard InChI is InChI=1S/C29H33FN8S/c1-36(2)20-9-11-37(12-10-20)23-8-7-19(15-22(23)30)32-29-34-28(31)38(35-29)25-16-21(24-4-3-13-39-24)26-17-5-6-18(14-17)27(26)33-25/h3-4,7-8,13,15-18,20H,5-6,9-12,14H2,1-2H3,(H3,31,32,34,35). The summed E-state index contributed by atoms with van der Waals surface area (Å²) in [5.41, 5.74) is 11.4. The summed E-state index contributed by atoms with van der Waals surface area (Å²) >= 11 is 1.74. The van der Waals surface area contributed by atoms with E-state index in [1.54, 1.807) is 16.0 Å². The van der Waals surface area contributed by atoms with Crippen molar-refractivity contribution >= 4 is 34.6 Å². The third kappa shape index (κ3) is 4.35. The van der Waals surface area contributed by atoms with Crippen LogP contribution in [0.2, 0.25) is 0 Å². The number of hydrogen-bond donors (Lipinski definition) is 2. The first-order chi connectivity index (χ1) is 18.9. The van der Waals surface area contributed by atoms with Gasteiger partial charge in [0.05, 0.1) is 11.4 Å². The Morgan fingerprint density at radius 1 is 1.05 bits per heavy atom. The first-order valence-corrected chi connectivity index (χ1v) is 14.6. The number of thiophene rings is 1. The summed E-state index contributed by atoms with van der Waals surface area (Å²) in [4.78, 5) is 15.1. The maximum absolute atomic E-state index is 15.2. The number of benzene rings is 1. The van der Waals surface area contributed by atoms with Crippen molar-refractivity contribution in [2.24, 2.45) is 0 Å². The molecule has 1 saturated heterocycles. The van der Waals surface area contributed by atoms with Gasteiger partial charge < -0.3 is 20.9 Å². The summed E-state index contributed by atoms with van der Waals surface area (Å²) in [6.07, 6.45) is 5.66.